The van der Waals surface area contributed by atoms with E-state index in [0.717, 1.165) is 24.7 Å². The second-order valence-corrected chi connectivity index (χ2v) is 8.32. The van der Waals surface area contributed by atoms with Crippen LogP contribution in [0.3, 0.4) is 0 Å². The predicted molar refractivity (Wildman–Crippen MR) is 94.3 cm³/mol. The number of halogens is 1. The highest BCUT2D eigenvalue weighted by atomic mass is 32.2. The van der Waals surface area contributed by atoms with Gasteiger partial charge in [0.15, 0.2) is 9.84 Å². The highest BCUT2D eigenvalue weighted by Crippen LogP contribution is 2.41. The van der Waals surface area contributed by atoms with Crippen molar-refractivity contribution in [1.82, 2.24) is 9.97 Å². The lowest BCUT2D eigenvalue weighted by Crippen LogP contribution is -2.00. The largest absolute Gasteiger partial charge is 0.340 e. The Balaban J connectivity index is 1.74. The molecule has 5 nitrogen and oxygen atoms in total. The molecule has 0 atom stereocenters. The summed E-state index contributed by atoms with van der Waals surface area (Å²) in [7, 11) is -3.34. The molecule has 3 aromatic rings. The Morgan fingerprint density at radius 2 is 1.92 bits per heavy atom. The van der Waals surface area contributed by atoms with Crippen molar-refractivity contribution in [1.29, 1.82) is 0 Å². The summed E-state index contributed by atoms with van der Waals surface area (Å²) in [4.78, 5) is 8.52. The van der Waals surface area contributed by atoms with Gasteiger partial charge in [0.05, 0.1) is 10.4 Å². The van der Waals surface area contributed by atoms with Crippen LogP contribution in [0.15, 0.2) is 47.6 Å². The fourth-order valence-electron chi connectivity index (χ4n) is 2.83. The molecule has 0 amide bonds. The molecule has 1 saturated carbocycles. The summed E-state index contributed by atoms with van der Waals surface area (Å²) in [5.41, 5.74) is 1.92. The van der Waals surface area contributed by atoms with Crippen LogP contribution in [0.25, 0.3) is 10.9 Å². The Bertz CT molecular complexity index is 1080. The number of sulfone groups is 1. The fourth-order valence-corrected chi connectivity index (χ4v) is 3.48. The minimum absolute atomic E-state index is 0.188. The second kappa shape index (κ2) is 5.77. The number of hydrogen-bond donors (Lipinski definition) is 1. The van der Waals surface area contributed by atoms with Crippen LogP contribution in [0.1, 0.15) is 24.3 Å². The van der Waals surface area contributed by atoms with E-state index in [9.17, 15) is 12.8 Å². The summed E-state index contributed by atoms with van der Waals surface area (Å²) in [6.45, 7) is 0. The van der Waals surface area contributed by atoms with E-state index in [4.69, 9.17) is 0 Å². The molecule has 0 aliphatic heterocycles. The molecular formula is C18H16FN3O2S. The van der Waals surface area contributed by atoms with Gasteiger partial charge < -0.3 is 5.32 Å². The van der Waals surface area contributed by atoms with Gasteiger partial charge in [-0.25, -0.2) is 22.8 Å². The molecule has 128 valence electrons. The van der Waals surface area contributed by atoms with Gasteiger partial charge in [-0.1, -0.05) is 6.07 Å². The van der Waals surface area contributed by atoms with Gasteiger partial charge in [-0.05, 0) is 54.7 Å². The molecule has 1 heterocycles. The zero-order valence-corrected chi connectivity index (χ0v) is 14.3. The fraction of sp³-hybridized carbons (Fsp3) is 0.222. The van der Waals surface area contributed by atoms with Crippen molar-refractivity contribution in [2.24, 2.45) is 0 Å². The summed E-state index contributed by atoms with van der Waals surface area (Å²) in [5, 5.41) is 3.63. The van der Waals surface area contributed by atoms with E-state index in [1.54, 1.807) is 12.1 Å². The monoisotopic (exact) mass is 357 g/mol. The number of nitrogens with zero attached hydrogens (tertiary/aromatic N) is 2. The van der Waals surface area contributed by atoms with Crippen LogP contribution in [0.4, 0.5) is 15.9 Å². The number of hydrogen-bond acceptors (Lipinski definition) is 5. The third kappa shape index (κ3) is 3.19. The van der Waals surface area contributed by atoms with Gasteiger partial charge in [0.1, 0.15) is 18.0 Å². The van der Waals surface area contributed by atoms with Crippen molar-refractivity contribution in [3.63, 3.8) is 0 Å². The third-order valence-corrected chi connectivity index (χ3v) is 5.43. The van der Waals surface area contributed by atoms with Crippen molar-refractivity contribution in [3.05, 3.63) is 54.1 Å². The molecule has 1 aromatic heterocycles. The van der Waals surface area contributed by atoms with Gasteiger partial charge in [0.2, 0.25) is 0 Å². The molecular weight excluding hydrogens is 341 g/mol. The van der Waals surface area contributed by atoms with Crippen molar-refractivity contribution in [2.45, 2.75) is 23.7 Å². The first-order valence-electron chi connectivity index (χ1n) is 7.93. The Hall–Kier alpha value is -2.54. The number of anilines is 2. The number of rotatable bonds is 4. The van der Waals surface area contributed by atoms with Crippen molar-refractivity contribution < 1.29 is 12.8 Å². The molecule has 1 fully saturated rings. The molecule has 4 rings (SSSR count). The van der Waals surface area contributed by atoms with Crippen LogP contribution < -0.4 is 5.32 Å². The molecule has 0 saturated heterocycles. The van der Waals surface area contributed by atoms with E-state index in [2.05, 4.69) is 15.3 Å². The lowest BCUT2D eigenvalue weighted by atomic mass is 10.1. The zero-order valence-electron chi connectivity index (χ0n) is 13.5. The second-order valence-electron chi connectivity index (χ2n) is 6.31. The first-order valence-corrected chi connectivity index (χ1v) is 9.82. The van der Waals surface area contributed by atoms with Crippen LogP contribution >= 0.6 is 0 Å². The molecule has 0 spiro atoms. The Labute approximate surface area is 144 Å². The first-order chi connectivity index (χ1) is 11.9. The highest BCUT2D eigenvalue weighted by Gasteiger charge is 2.26. The Kier molecular flexibility index (Phi) is 3.68. The summed E-state index contributed by atoms with van der Waals surface area (Å²) in [6.07, 6.45) is 4.61. The minimum atomic E-state index is -3.34. The molecule has 1 aliphatic rings. The highest BCUT2D eigenvalue weighted by molar-refractivity contribution is 7.90. The quantitative estimate of drug-likeness (QED) is 0.769. The maximum Gasteiger partial charge on any atom is 0.175 e. The van der Waals surface area contributed by atoms with Crippen molar-refractivity contribution in [3.8, 4) is 0 Å². The Morgan fingerprint density at radius 1 is 1.12 bits per heavy atom. The Morgan fingerprint density at radius 3 is 2.60 bits per heavy atom. The van der Waals surface area contributed by atoms with Gasteiger partial charge in [-0.2, -0.15) is 0 Å². The number of fused-ring (bicyclic) bond motifs is 1. The lowest BCUT2D eigenvalue weighted by molar-refractivity contribution is 0.602. The van der Waals surface area contributed by atoms with E-state index in [1.165, 1.54) is 24.5 Å². The van der Waals surface area contributed by atoms with Crippen LogP contribution in [0, 0.1) is 5.82 Å². The predicted octanol–water partition coefficient (Wildman–Crippen LogP) is 3.79. The molecule has 25 heavy (non-hydrogen) atoms. The van der Waals surface area contributed by atoms with Crippen LogP contribution in [-0.2, 0) is 9.84 Å². The summed E-state index contributed by atoms with van der Waals surface area (Å²) in [5.74, 6) is 0.544. The SMILES string of the molecule is CS(=O)(=O)c1ccc2ncnc(Nc3ccc(C4CC4)c(F)c3)c2c1. The van der Waals surface area contributed by atoms with Crippen LogP contribution in [0.5, 0.6) is 0 Å². The number of nitrogens with one attached hydrogen (secondary N) is 1. The molecule has 0 unspecified atom stereocenters. The van der Waals surface area contributed by atoms with Gasteiger partial charge in [0, 0.05) is 17.3 Å². The number of benzene rings is 2. The topological polar surface area (TPSA) is 72.0 Å². The van der Waals surface area contributed by atoms with Crippen LogP contribution in [0.2, 0.25) is 0 Å². The van der Waals surface area contributed by atoms with Crippen molar-refractivity contribution >= 4 is 32.2 Å². The smallest absolute Gasteiger partial charge is 0.175 e. The van der Waals surface area contributed by atoms with E-state index in [1.807, 2.05) is 6.07 Å². The molecule has 7 heteroatoms. The minimum Gasteiger partial charge on any atom is -0.340 e. The normalized spacial score (nSPS) is 14.6. The third-order valence-electron chi connectivity index (χ3n) is 4.32. The first kappa shape index (κ1) is 16.0. The lowest BCUT2D eigenvalue weighted by Gasteiger charge is -2.10. The summed E-state index contributed by atoms with van der Waals surface area (Å²) < 4.78 is 37.8. The van der Waals surface area contributed by atoms with E-state index in [0.29, 0.717) is 28.3 Å². The summed E-state index contributed by atoms with van der Waals surface area (Å²) >= 11 is 0. The van der Waals surface area contributed by atoms with Gasteiger partial charge in [-0.15, -0.1) is 0 Å². The van der Waals surface area contributed by atoms with Gasteiger partial charge in [-0.3, -0.25) is 0 Å². The average Bonchev–Trinajstić information content (AvgIpc) is 3.39. The molecule has 0 bridgehead atoms. The average molecular weight is 357 g/mol. The molecule has 2 aromatic carbocycles. The van der Waals surface area contributed by atoms with Crippen LogP contribution in [-0.4, -0.2) is 24.6 Å². The van der Waals surface area contributed by atoms with Crippen molar-refractivity contribution in [2.75, 3.05) is 11.6 Å². The maximum absolute atomic E-state index is 14.2. The summed E-state index contributed by atoms with van der Waals surface area (Å²) in [6, 6.07) is 9.73. The maximum atomic E-state index is 14.2. The molecule has 1 N–H and O–H groups in total. The standard InChI is InChI=1S/C18H16FN3O2S/c1-25(23,24)13-5-7-17-15(9-13)18(21-10-20-17)22-12-4-6-14(11-2-3-11)16(19)8-12/h4-11H,2-3H2,1H3,(H,20,21,22). The molecule has 0 radical (unpaired) electrons. The van der Waals surface area contributed by atoms with E-state index < -0.39 is 9.84 Å². The van der Waals surface area contributed by atoms with Gasteiger partial charge >= 0.3 is 0 Å². The van der Waals surface area contributed by atoms with E-state index >= 15 is 0 Å². The van der Waals surface area contributed by atoms with E-state index in [-0.39, 0.29) is 10.7 Å². The van der Waals surface area contributed by atoms with Gasteiger partial charge in [0.25, 0.3) is 0 Å². The zero-order chi connectivity index (χ0) is 17.6. The number of aromatic nitrogens is 2. The molecule has 1 aliphatic carbocycles.